The van der Waals surface area contributed by atoms with E-state index in [1.165, 1.54) is 0 Å². The molecule has 236 valence electrons. The van der Waals surface area contributed by atoms with Crippen LogP contribution in [0.5, 0.6) is 0 Å². The van der Waals surface area contributed by atoms with Crippen LogP contribution in [0.25, 0.3) is 67.2 Å². The molecule has 0 saturated carbocycles. The lowest BCUT2D eigenvalue weighted by Crippen LogP contribution is -2.09. The van der Waals surface area contributed by atoms with Crippen molar-refractivity contribution in [2.45, 2.75) is 0 Å². The van der Waals surface area contributed by atoms with Crippen molar-refractivity contribution in [2.24, 2.45) is 0 Å². The summed E-state index contributed by atoms with van der Waals surface area (Å²) in [6.45, 7) is 0. The number of para-hydroxylation sites is 2. The van der Waals surface area contributed by atoms with Gasteiger partial charge in [0.25, 0.3) is 0 Å². The van der Waals surface area contributed by atoms with E-state index < -0.39 is 0 Å². The van der Waals surface area contributed by atoms with Crippen LogP contribution in [0.4, 0.5) is 17.1 Å². The number of rotatable bonds is 7. The van der Waals surface area contributed by atoms with Gasteiger partial charge >= 0.3 is 0 Å². The highest BCUT2D eigenvalue weighted by Gasteiger charge is 2.16. The molecule has 0 aliphatic rings. The molecule has 7 aromatic carbocycles. The average molecular weight is 643 g/mol. The van der Waals surface area contributed by atoms with E-state index in [0.717, 1.165) is 66.8 Å². The third-order valence-corrected chi connectivity index (χ3v) is 8.92. The highest BCUT2D eigenvalue weighted by Crippen LogP contribution is 2.38. The Hall–Kier alpha value is -6.85. The first-order valence-electron chi connectivity index (χ1n) is 16.6. The maximum absolute atomic E-state index is 6.41. The summed E-state index contributed by atoms with van der Waals surface area (Å²) < 4.78 is 6.41. The molecule has 2 aromatic heterocycles. The second-order valence-corrected chi connectivity index (χ2v) is 12.1. The fourth-order valence-corrected chi connectivity index (χ4v) is 6.44. The van der Waals surface area contributed by atoms with Gasteiger partial charge in [0.2, 0.25) is 0 Å². The van der Waals surface area contributed by atoms with Crippen LogP contribution in [0.15, 0.2) is 186 Å². The molecule has 50 heavy (non-hydrogen) atoms. The summed E-state index contributed by atoms with van der Waals surface area (Å²) in [4.78, 5) is 16.9. The van der Waals surface area contributed by atoms with Gasteiger partial charge in [0, 0.05) is 44.5 Å². The molecular weight excluding hydrogens is 613 g/mol. The molecule has 0 aliphatic carbocycles. The third kappa shape index (κ3) is 5.57. The molecule has 0 aliphatic heterocycles. The maximum Gasteiger partial charge on any atom is 0.164 e. The zero-order valence-corrected chi connectivity index (χ0v) is 27.0. The minimum absolute atomic E-state index is 0.598. The standard InChI is InChI=1S/C45H30N4O/c1-5-13-32(14-6-1)43-46-44(33-15-7-2-8-16-33)48-45(47-43)35-23-27-39-40-29-34(24-28-41(40)50-42(39)30-35)31-21-25-38(26-22-31)49(36-17-9-3-10-18-36)37-19-11-4-12-20-37/h1-30H. The molecule has 2 heterocycles. The third-order valence-electron chi connectivity index (χ3n) is 8.92. The van der Waals surface area contributed by atoms with Crippen molar-refractivity contribution in [3.05, 3.63) is 182 Å². The van der Waals surface area contributed by atoms with E-state index in [4.69, 9.17) is 19.4 Å². The average Bonchev–Trinajstić information content (AvgIpc) is 3.57. The van der Waals surface area contributed by atoms with E-state index in [0.29, 0.717) is 17.5 Å². The van der Waals surface area contributed by atoms with E-state index in [1.54, 1.807) is 0 Å². The van der Waals surface area contributed by atoms with Crippen LogP contribution in [-0.4, -0.2) is 15.0 Å². The summed E-state index contributed by atoms with van der Waals surface area (Å²) in [7, 11) is 0. The van der Waals surface area contributed by atoms with Crippen molar-refractivity contribution >= 4 is 39.0 Å². The first-order valence-corrected chi connectivity index (χ1v) is 16.6. The van der Waals surface area contributed by atoms with Gasteiger partial charge in [-0.1, -0.05) is 121 Å². The minimum Gasteiger partial charge on any atom is -0.456 e. The summed E-state index contributed by atoms with van der Waals surface area (Å²) in [5, 5.41) is 2.11. The Morgan fingerprint density at radius 3 is 1.34 bits per heavy atom. The van der Waals surface area contributed by atoms with Gasteiger partial charge in [0.15, 0.2) is 17.5 Å². The van der Waals surface area contributed by atoms with Gasteiger partial charge in [0.05, 0.1) is 0 Å². The summed E-state index contributed by atoms with van der Waals surface area (Å²) in [5.41, 5.74) is 9.94. The van der Waals surface area contributed by atoms with Crippen molar-refractivity contribution in [1.29, 1.82) is 0 Å². The van der Waals surface area contributed by atoms with Crippen LogP contribution >= 0.6 is 0 Å². The Labute approximate surface area is 289 Å². The van der Waals surface area contributed by atoms with Crippen molar-refractivity contribution in [2.75, 3.05) is 4.90 Å². The first kappa shape index (κ1) is 29.3. The highest BCUT2D eigenvalue weighted by molar-refractivity contribution is 6.07. The van der Waals surface area contributed by atoms with Crippen molar-refractivity contribution in [3.63, 3.8) is 0 Å². The lowest BCUT2D eigenvalue weighted by Gasteiger charge is -2.25. The summed E-state index contributed by atoms with van der Waals surface area (Å²) in [5.74, 6) is 1.86. The van der Waals surface area contributed by atoms with Gasteiger partial charge in [-0.2, -0.15) is 0 Å². The fourth-order valence-electron chi connectivity index (χ4n) is 6.44. The molecule has 5 heteroatoms. The van der Waals surface area contributed by atoms with Crippen LogP contribution in [0.2, 0.25) is 0 Å². The molecule has 9 rings (SSSR count). The number of nitrogens with zero attached hydrogens (tertiary/aromatic N) is 4. The Morgan fingerprint density at radius 2 is 0.780 bits per heavy atom. The Kier molecular flexibility index (Phi) is 7.41. The van der Waals surface area contributed by atoms with Gasteiger partial charge in [0.1, 0.15) is 11.2 Å². The SMILES string of the molecule is c1ccc(-c2nc(-c3ccccc3)nc(-c3ccc4c(c3)oc3ccc(-c5ccc(N(c6ccccc6)c6ccccc6)cc5)cc34)n2)cc1. The van der Waals surface area contributed by atoms with Gasteiger partial charge in [-0.05, 0) is 71.8 Å². The second-order valence-electron chi connectivity index (χ2n) is 12.1. The first-order chi connectivity index (χ1) is 24.8. The number of furan rings is 1. The van der Waals surface area contributed by atoms with Crippen molar-refractivity contribution in [3.8, 4) is 45.3 Å². The zero-order valence-electron chi connectivity index (χ0n) is 27.0. The molecule has 0 saturated heterocycles. The monoisotopic (exact) mass is 642 g/mol. The molecule has 9 aromatic rings. The lowest BCUT2D eigenvalue weighted by atomic mass is 10.0. The largest absolute Gasteiger partial charge is 0.456 e. The number of hydrogen-bond donors (Lipinski definition) is 0. The molecule has 0 amide bonds. The van der Waals surface area contributed by atoms with E-state index in [-0.39, 0.29) is 0 Å². The van der Waals surface area contributed by atoms with Crippen LogP contribution in [0, 0.1) is 0 Å². The van der Waals surface area contributed by atoms with Crippen LogP contribution < -0.4 is 4.90 Å². The van der Waals surface area contributed by atoms with Gasteiger partial charge in [-0.15, -0.1) is 0 Å². The zero-order chi connectivity index (χ0) is 33.3. The summed E-state index contributed by atoms with van der Waals surface area (Å²) in [6.07, 6.45) is 0. The topological polar surface area (TPSA) is 55.1 Å². The molecular formula is C45H30N4O. The Bertz CT molecular complexity index is 2470. The summed E-state index contributed by atoms with van der Waals surface area (Å²) in [6, 6.07) is 62.3. The quantitative estimate of drug-likeness (QED) is 0.173. The maximum atomic E-state index is 6.41. The summed E-state index contributed by atoms with van der Waals surface area (Å²) >= 11 is 0. The highest BCUT2D eigenvalue weighted by atomic mass is 16.3. The molecule has 0 fully saturated rings. The van der Waals surface area contributed by atoms with E-state index in [2.05, 4.69) is 108 Å². The van der Waals surface area contributed by atoms with Gasteiger partial charge in [-0.25, -0.2) is 15.0 Å². The fraction of sp³-hybridized carbons (Fsp3) is 0. The van der Waals surface area contributed by atoms with E-state index >= 15 is 0 Å². The Morgan fingerprint density at radius 1 is 0.320 bits per heavy atom. The molecule has 0 radical (unpaired) electrons. The lowest BCUT2D eigenvalue weighted by molar-refractivity contribution is 0.669. The normalized spacial score (nSPS) is 11.2. The van der Waals surface area contributed by atoms with Crippen LogP contribution in [-0.2, 0) is 0 Å². The van der Waals surface area contributed by atoms with E-state index in [9.17, 15) is 0 Å². The van der Waals surface area contributed by atoms with E-state index in [1.807, 2.05) is 78.9 Å². The molecule has 0 atom stereocenters. The van der Waals surface area contributed by atoms with Crippen LogP contribution in [0.1, 0.15) is 0 Å². The molecule has 0 N–H and O–H groups in total. The minimum atomic E-state index is 0.598. The Balaban J connectivity index is 1.07. The number of fused-ring (bicyclic) bond motifs is 3. The predicted molar refractivity (Wildman–Crippen MR) is 204 cm³/mol. The van der Waals surface area contributed by atoms with Crippen molar-refractivity contribution < 1.29 is 4.42 Å². The molecule has 5 nitrogen and oxygen atoms in total. The van der Waals surface area contributed by atoms with Crippen LogP contribution in [0.3, 0.4) is 0 Å². The smallest absolute Gasteiger partial charge is 0.164 e. The molecule has 0 spiro atoms. The number of benzene rings is 7. The predicted octanol–water partition coefficient (Wildman–Crippen LogP) is 11.9. The number of anilines is 3. The number of hydrogen-bond acceptors (Lipinski definition) is 5. The molecule has 0 bridgehead atoms. The van der Waals surface area contributed by atoms with Gasteiger partial charge < -0.3 is 9.32 Å². The van der Waals surface area contributed by atoms with Gasteiger partial charge in [-0.3, -0.25) is 0 Å². The number of aromatic nitrogens is 3. The van der Waals surface area contributed by atoms with Crippen molar-refractivity contribution in [1.82, 2.24) is 15.0 Å². The molecule has 0 unspecified atom stereocenters. The second kappa shape index (κ2) is 12.6.